The smallest absolute Gasteiger partial charge is 0.237 e. The molecule has 0 aromatic heterocycles. The molecule has 1 fully saturated rings. The molecule has 17 heavy (non-hydrogen) atoms. The Morgan fingerprint density at radius 1 is 1.35 bits per heavy atom. The van der Waals surface area contributed by atoms with E-state index in [1.165, 1.54) is 19.3 Å². The Bertz CT molecular complexity index is 235. The molecular formula is C13H27N3O. The van der Waals surface area contributed by atoms with Gasteiger partial charge in [-0.2, -0.15) is 0 Å². The van der Waals surface area contributed by atoms with Gasteiger partial charge in [0.15, 0.2) is 0 Å². The second-order valence-electron chi connectivity index (χ2n) is 5.52. The second kappa shape index (κ2) is 6.97. The highest BCUT2D eigenvalue weighted by atomic mass is 16.2. The standard InChI is InChI=1S/C13H27N3O/c1-11(2)16(13(17)10-15(3)4)9-12-7-5-6-8-14-12/h11-12,14H,5-10H2,1-4H3. The van der Waals surface area contributed by atoms with Crippen molar-refractivity contribution < 1.29 is 4.79 Å². The molecule has 0 saturated carbocycles. The fourth-order valence-corrected chi connectivity index (χ4v) is 2.28. The molecule has 1 unspecified atom stereocenters. The Morgan fingerprint density at radius 3 is 2.53 bits per heavy atom. The summed E-state index contributed by atoms with van der Waals surface area (Å²) < 4.78 is 0. The Balaban J connectivity index is 2.49. The summed E-state index contributed by atoms with van der Waals surface area (Å²) in [6.07, 6.45) is 3.74. The van der Waals surface area contributed by atoms with E-state index in [2.05, 4.69) is 19.2 Å². The Labute approximate surface area is 105 Å². The first-order valence-electron chi connectivity index (χ1n) is 6.68. The minimum Gasteiger partial charge on any atom is -0.338 e. The first-order valence-corrected chi connectivity index (χ1v) is 6.68. The monoisotopic (exact) mass is 241 g/mol. The van der Waals surface area contributed by atoms with Crippen LogP contribution in [0, 0.1) is 0 Å². The van der Waals surface area contributed by atoms with Crippen LogP contribution in [-0.4, -0.2) is 61.5 Å². The molecule has 100 valence electrons. The van der Waals surface area contributed by atoms with Crippen LogP contribution < -0.4 is 5.32 Å². The molecule has 4 nitrogen and oxygen atoms in total. The minimum atomic E-state index is 0.234. The van der Waals surface area contributed by atoms with Crippen molar-refractivity contribution in [3.8, 4) is 0 Å². The lowest BCUT2D eigenvalue weighted by molar-refractivity contribution is -0.134. The molecule has 1 amide bonds. The first kappa shape index (κ1) is 14.5. The molecule has 1 N–H and O–H groups in total. The van der Waals surface area contributed by atoms with Gasteiger partial charge in [-0.15, -0.1) is 0 Å². The van der Waals surface area contributed by atoms with Crippen molar-refractivity contribution in [1.82, 2.24) is 15.1 Å². The molecule has 0 aromatic rings. The zero-order chi connectivity index (χ0) is 12.8. The maximum atomic E-state index is 12.1. The number of carbonyl (C=O) groups is 1. The van der Waals surface area contributed by atoms with Crippen molar-refractivity contribution in [3.05, 3.63) is 0 Å². The number of likely N-dealkylation sites (N-methyl/N-ethyl adjacent to an activating group) is 1. The van der Waals surface area contributed by atoms with Crippen LogP contribution in [0.1, 0.15) is 33.1 Å². The average Bonchev–Trinajstić information content (AvgIpc) is 2.25. The molecule has 1 aliphatic heterocycles. The predicted octanol–water partition coefficient (Wildman–Crippen LogP) is 0.927. The van der Waals surface area contributed by atoms with Gasteiger partial charge in [0, 0.05) is 18.6 Å². The first-order chi connectivity index (χ1) is 8.00. The summed E-state index contributed by atoms with van der Waals surface area (Å²) in [6.45, 7) is 6.64. The number of hydrogen-bond donors (Lipinski definition) is 1. The SMILES string of the molecule is CC(C)N(CC1CCCCN1)C(=O)CN(C)C. The summed E-state index contributed by atoms with van der Waals surface area (Å²) in [7, 11) is 3.88. The van der Waals surface area contributed by atoms with Gasteiger partial charge in [-0.25, -0.2) is 0 Å². The van der Waals surface area contributed by atoms with Crippen molar-refractivity contribution in [2.75, 3.05) is 33.7 Å². The van der Waals surface area contributed by atoms with Crippen LogP contribution in [0.5, 0.6) is 0 Å². The van der Waals surface area contributed by atoms with E-state index in [1.807, 2.05) is 23.9 Å². The van der Waals surface area contributed by atoms with E-state index < -0.39 is 0 Å². The maximum absolute atomic E-state index is 12.1. The lowest BCUT2D eigenvalue weighted by Crippen LogP contribution is -2.50. The molecule has 0 aromatic carbocycles. The van der Waals surface area contributed by atoms with E-state index in [0.29, 0.717) is 12.6 Å². The molecule has 0 radical (unpaired) electrons. The third-order valence-corrected chi connectivity index (χ3v) is 3.22. The van der Waals surface area contributed by atoms with Gasteiger partial charge in [0.1, 0.15) is 0 Å². The molecule has 1 heterocycles. The Morgan fingerprint density at radius 2 is 2.06 bits per heavy atom. The lowest BCUT2D eigenvalue weighted by Gasteiger charge is -2.33. The Kier molecular flexibility index (Phi) is 5.92. The van der Waals surface area contributed by atoms with E-state index in [4.69, 9.17) is 0 Å². The molecule has 1 saturated heterocycles. The van der Waals surface area contributed by atoms with Gasteiger partial charge in [-0.1, -0.05) is 6.42 Å². The maximum Gasteiger partial charge on any atom is 0.237 e. The molecule has 0 bridgehead atoms. The van der Waals surface area contributed by atoms with Crippen molar-refractivity contribution >= 4 is 5.91 Å². The van der Waals surface area contributed by atoms with E-state index >= 15 is 0 Å². The van der Waals surface area contributed by atoms with Gasteiger partial charge in [0.05, 0.1) is 6.54 Å². The Hall–Kier alpha value is -0.610. The van der Waals surface area contributed by atoms with Crippen LogP contribution in [-0.2, 0) is 4.79 Å². The van der Waals surface area contributed by atoms with E-state index in [0.717, 1.165) is 13.1 Å². The van der Waals surface area contributed by atoms with E-state index in [1.54, 1.807) is 0 Å². The number of amides is 1. The van der Waals surface area contributed by atoms with Gasteiger partial charge >= 0.3 is 0 Å². The fourth-order valence-electron chi connectivity index (χ4n) is 2.28. The average molecular weight is 241 g/mol. The number of nitrogens with zero attached hydrogens (tertiary/aromatic N) is 2. The molecule has 1 aliphatic rings. The largest absolute Gasteiger partial charge is 0.338 e. The zero-order valence-corrected chi connectivity index (χ0v) is 11.7. The molecule has 1 atom stereocenters. The van der Waals surface area contributed by atoms with Crippen LogP contribution >= 0.6 is 0 Å². The number of rotatable bonds is 5. The van der Waals surface area contributed by atoms with Crippen LogP contribution in [0.4, 0.5) is 0 Å². The molecular weight excluding hydrogens is 214 g/mol. The number of nitrogens with one attached hydrogen (secondary N) is 1. The topological polar surface area (TPSA) is 35.6 Å². The van der Waals surface area contributed by atoms with Crippen LogP contribution in [0.2, 0.25) is 0 Å². The normalized spacial score (nSPS) is 20.9. The third-order valence-electron chi connectivity index (χ3n) is 3.22. The molecule has 0 spiro atoms. The quantitative estimate of drug-likeness (QED) is 0.778. The highest BCUT2D eigenvalue weighted by molar-refractivity contribution is 5.78. The summed E-state index contributed by atoms with van der Waals surface area (Å²) >= 11 is 0. The second-order valence-corrected chi connectivity index (χ2v) is 5.52. The van der Waals surface area contributed by atoms with E-state index in [9.17, 15) is 4.79 Å². The van der Waals surface area contributed by atoms with Crippen molar-refractivity contribution in [2.45, 2.75) is 45.2 Å². The fraction of sp³-hybridized carbons (Fsp3) is 0.923. The number of piperidine rings is 1. The van der Waals surface area contributed by atoms with Crippen LogP contribution in [0.25, 0.3) is 0 Å². The third kappa shape index (κ3) is 5.04. The van der Waals surface area contributed by atoms with Crippen LogP contribution in [0.3, 0.4) is 0 Å². The van der Waals surface area contributed by atoms with Gasteiger partial charge in [-0.05, 0) is 47.3 Å². The summed E-state index contributed by atoms with van der Waals surface area (Å²) in [4.78, 5) is 16.1. The molecule has 4 heteroatoms. The van der Waals surface area contributed by atoms with Crippen LogP contribution in [0.15, 0.2) is 0 Å². The van der Waals surface area contributed by atoms with Gasteiger partial charge in [-0.3, -0.25) is 4.79 Å². The summed E-state index contributed by atoms with van der Waals surface area (Å²) in [5, 5.41) is 3.51. The van der Waals surface area contributed by atoms with Crippen molar-refractivity contribution in [1.29, 1.82) is 0 Å². The van der Waals surface area contributed by atoms with Gasteiger partial charge in [0.2, 0.25) is 5.91 Å². The minimum absolute atomic E-state index is 0.234. The summed E-state index contributed by atoms with van der Waals surface area (Å²) in [5.74, 6) is 0.234. The van der Waals surface area contributed by atoms with Crippen molar-refractivity contribution in [2.24, 2.45) is 0 Å². The van der Waals surface area contributed by atoms with Crippen molar-refractivity contribution in [3.63, 3.8) is 0 Å². The van der Waals surface area contributed by atoms with Gasteiger partial charge in [0.25, 0.3) is 0 Å². The van der Waals surface area contributed by atoms with Gasteiger partial charge < -0.3 is 15.1 Å². The highest BCUT2D eigenvalue weighted by Gasteiger charge is 2.22. The number of carbonyl (C=O) groups excluding carboxylic acids is 1. The highest BCUT2D eigenvalue weighted by Crippen LogP contribution is 2.10. The predicted molar refractivity (Wildman–Crippen MR) is 71.0 cm³/mol. The lowest BCUT2D eigenvalue weighted by atomic mass is 10.0. The summed E-state index contributed by atoms with van der Waals surface area (Å²) in [5.41, 5.74) is 0. The zero-order valence-electron chi connectivity index (χ0n) is 11.7. The van der Waals surface area contributed by atoms with E-state index in [-0.39, 0.29) is 11.9 Å². The molecule has 1 rings (SSSR count). The summed E-state index contributed by atoms with van der Waals surface area (Å²) in [6, 6.07) is 0.767. The molecule has 0 aliphatic carbocycles. The number of hydrogen-bond acceptors (Lipinski definition) is 3.